The Balaban J connectivity index is 3.33. The lowest BCUT2D eigenvalue weighted by Gasteiger charge is -2.26. The zero-order valence-electron chi connectivity index (χ0n) is 13.7. The molecule has 0 saturated heterocycles. The number of nitrogens with zero attached hydrogens (tertiary/aromatic N) is 1. The van der Waals surface area contributed by atoms with Crippen molar-refractivity contribution in [1.29, 1.82) is 0 Å². The van der Waals surface area contributed by atoms with E-state index in [9.17, 15) is 29.1 Å². The molecule has 1 atom stereocenters. The van der Waals surface area contributed by atoms with E-state index in [4.69, 9.17) is 16.7 Å². The SMILES string of the molecule is CC(=O)OCC(=O)C(CCCC(=O)O)(C(=O)O)C(=O)c1cncc(Cl)c1. The number of pyridine rings is 1. The quantitative estimate of drug-likeness (QED) is 0.346. The number of carbonyl (C=O) groups excluding carboxylic acids is 3. The van der Waals surface area contributed by atoms with Gasteiger partial charge in [-0.15, -0.1) is 0 Å². The van der Waals surface area contributed by atoms with Crippen LogP contribution in [0.3, 0.4) is 0 Å². The molecule has 2 N–H and O–H groups in total. The zero-order valence-corrected chi connectivity index (χ0v) is 14.5. The van der Waals surface area contributed by atoms with Crippen LogP contribution in [0.15, 0.2) is 18.5 Å². The molecule has 0 aliphatic heterocycles. The standard InChI is InChI=1S/C16H16ClNO8/c1-9(19)26-8-12(20)16(15(24)25,4-2-3-13(21)22)14(23)10-5-11(17)7-18-6-10/h5-7H,2-4,8H2,1H3,(H,21,22)(H,24,25). The van der Waals surface area contributed by atoms with Crippen LogP contribution in [-0.4, -0.2) is 51.3 Å². The lowest BCUT2D eigenvalue weighted by Crippen LogP contribution is -2.48. The number of halogens is 1. The van der Waals surface area contributed by atoms with Crippen LogP contribution >= 0.6 is 11.6 Å². The predicted octanol–water partition coefficient (Wildman–Crippen LogP) is 1.38. The Kier molecular flexibility index (Phi) is 7.39. The fourth-order valence-electron chi connectivity index (χ4n) is 2.28. The van der Waals surface area contributed by atoms with E-state index in [0.717, 1.165) is 19.2 Å². The van der Waals surface area contributed by atoms with Crippen molar-refractivity contribution in [1.82, 2.24) is 4.98 Å². The molecule has 0 saturated carbocycles. The Morgan fingerprint density at radius 2 is 1.85 bits per heavy atom. The van der Waals surface area contributed by atoms with Gasteiger partial charge in [0, 0.05) is 31.3 Å². The summed E-state index contributed by atoms with van der Waals surface area (Å²) >= 11 is 5.75. The number of Topliss-reactive ketones (excluding diaryl/α,β-unsaturated/α-hetero) is 2. The van der Waals surface area contributed by atoms with Gasteiger partial charge < -0.3 is 14.9 Å². The van der Waals surface area contributed by atoms with E-state index in [-0.39, 0.29) is 17.0 Å². The van der Waals surface area contributed by atoms with Crippen molar-refractivity contribution in [2.24, 2.45) is 5.41 Å². The number of ether oxygens (including phenoxy) is 1. The van der Waals surface area contributed by atoms with Crippen molar-refractivity contribution in [3.05, 3.63) is 29.0 Å². The second-order valence-electron chi connectivity index (χ2n) is 5.38. The molecule has 1 aromatic heterocycles. The van der Waals surface area contributed by atoms with Crippen LogP contribution < -0.4 is 0 Å². The van der Waals surface area contributed by atoms with Crippen LogP contribution in [0, 0.1) is 5.41 Å². The molecule has 0 aromatic carbocycles. The number of carbonyl (C=O) groups is 5. The summed E-state index contributed by atoms with van der Waals surface area (Å²) in [6, 6.07) is 1.14. The van der Waals surface area contributed by atoms with Crippen LogP contribution in [0.25, 0.3) is 0 Å². The number of carboxylic acid groups (broad SMARTS) is 2. The monoisotopic (exact) mass is 385 g/mol. The maximum Gasteiger partial charge on any atom is 0.325 e. The lowest BCUT2D eigenvalue weighted by atomic mass is 9.73. The molecule has 26 heavy (non-hydrogen) atoms. The van der Waals surface area contributed by atoms with E-state index in [1.165, 1.54) is 6.20 Å². The summed E-state index contributed by atoms with van der Waals surface area (Å²) in [6.07, 6.45) is 0.971. The van der Waals surface area contributed by atoms with Gasteiger partial charge in [-0.05, 0) is 18.9 Å². The summed E-state index contributed by atoms with van der Waals surface area (Å²) in [4.78, 5) is 62.6. The lowest BCUT2D eigenvalue weighted by molar-refractivity contribution is -0.157. The number of aromatic nitrogens is 1. The van der Waals surface area contributed by atoms with E-state index in [0.29, 0.717) is 0 Å². The third-order valence-corrected chi connectivity index (χ3v) is 3.75. The number of carboxylic acids is 2. The second-order valence-corrected chi connectivity index (χ2v) is 5.82. The maximum atomic E-state index is 12.8. The van der Waals surface area contributed by atoms with Crippen LogP contribution in [-0.2, 0) is 23.9 Å². The van der Waals surface area contributed by atoms with Crippen molar-refractivity contribution >= 4 is 41.1 Å². The van der Waals surface area contributed by atoms with Gasteiger partial charge in [0.05, 0.1) is 5.02 Å². The summed E-state index contributed by atoms with van der Waals surface area (Å²) in [7, 11) is 0. The Labute approximate surface area is 152 Å². The third kappa shape index (κ3) is 5.09. The summed E-state index contributed by atoms with van der Waals surface area (Å²) in [6.45, 7) is 0.0807. The van der Waals surface area contributed by atoms with Crippen molar-refractivity contribution in [2.75, 3.05) is 6.61 Å². The fourth-order valence-corrected chi connectivity index (χ4v) is 2.45. The van der Waals surface area contributed by atoms with Crippen molar-refractivity contribution in [2.45, 2.75) is 26.2 Å². The van der Waals surface area contributed by atoms with Gasteiger partial charge in [-0.3, -0.25) is 29.0 Å². The van der Waals surface area contributed by atoms with Crippen LogP contribution in [0.2, 0.25) is 5.02 Å². The van der Waals surface area contributed by atoms with Crippen LogP contribution in [0.1, 0.15) is 36.5 Å². The van der Waals surface area contributed by atoms with Crippen LogP contribution in [0.5, 0.6) is 0 Å². The molecule has 1 unspecified atom stereocenters. The first kappa shape index (κ1) is 21.2. The maximum absolute atomic E-state index is 12.8. The molecule has 0 spiro atoms. The average Bonchev–Trinajstić information content (AvgIpc) is 2.55. The van der Waals surface area contributed by atoms with Gasteiger partial charge >= 0.3 is 17.9 Å². The number of aliphatic carboxylic acids is 2. The Bertz CT molecular complexity index is 748. The number of esters is 1. The molecule has 140 valence electrons. The second kappa shape index (κ2) is 9.04. The third-order valence-electron chi connectivity index (χ3n) is 3.54. The van der Waals surface area contributed by atoms with Gasteiger partial charge in [-0.2, -0.15) is 0 Å². The molecule has 1 rings (SSSR count). The first-order valence-corrected chi connectivity index (χ1v) is 7.76. The van der Waals surface area contributed by atoms with Crippen molar-refractivity contribution in [3.63, 3.8) is 0 Å². The first-order valence-electron chi connectivity index (χ1n) is 7.38. The normalized spacial score (nSPS) is 12.7. The van der Waals surface area contributed by atoms with Gasteiger partial charge in [0.25, 0.3) is 0 Å². The van der Waals surface area contributed by atoms with Gasteiger partial charge in [0.15, 0.2) is 23.6 Å². The number of hydrogen-bond acceptors (Lipinski definition) is 7. The zero-order chi connectivity index (χ0) is 19.9. The van der Waals surface area contributed by atoms with Crippen molar-refractivity contribution in [3.8, 4) is 0 Å². The Morgan fingerprint density at radius 3 is 2.35 bits per heavy atom. The highest BCUT2D eigenvalue weighted by Gasteiger charge is 2.52. The van der Waals surface area contributed by atoms with E-state index in [2.05, 4.69) is 9.72 Å². The average molecular weight is 386 g/mol. The molecule has 0 bridgehead atoms. The van der Waals surface area contributed by atoms with E-state index in [1.54, 1.807) is 0 Å². The molecule has 1 aromatic rings. The van der Waals surface area contributed by atoms with Gasteiger partial charge in [0.2, 0.25) is 0 Å². The summed E-state index contributed by atoms with van der Waals surface area (Å²) in [5.74, 6) is -6.10. The highest BCUT2D eigenvalue weighted by atomic mass is 35.5. The molecule has 1 heterocycles. The highest BCUT2D eigenvalue weighted by molar-refractivity contribution is 6.32. The van der Waals surface area contributed by atoms with Gasteiger partial charge in [-0.1, -0.05) is 11.6 Å². The molecule has 0 fully saturated rings. The molecule has 0 aliphatic carbocycles. The highest BCUT2D eigenvalue weighted by Crippen LogP contribution is 2.32. The topological polar surface area (TPSA) is 148 Å². The smallest absolute Gasteiger partial charge is 0.325 e. The fraction of sp³-hybridized carbons (Fsp3) is 0.375. The van der Waals surface area contributed by atoms with Crippen LogP contribution in [0.4, 0.5) is 0 Å². The van der Waals surface area contributed by atoms with Gasteiger partial charge in [0.1, 0.15) is 0 Å². The molecule has 9 nitrogen and oxygen atoms in total. The molecule has 10 heteroatoms. The molecule has 0 radical (unpaired) electrons. The van der Waals surface area contributed by atoms with E-state index >= 15 is 0 Å². The van der Waals surface area contributed by atoms with Crippen molar-refractivity contribution < 1.29 is 38.9 Å². The number of hydrogen-bond donors (Lipinski definition) is 2. The minimum Gasteiger partial charge on any atom is -0.481 e. The van der Waals surface area contributed by atoms with Gasteiger partial charge in [-0.25, -0.2) is 0 Å². The Hall–Kier alpha value is -2.81. The minimum atomic E-state index is -2.61. The number of rotatable bonds is 10. The molecular weight excluding hydrogens is 370 g/mol. The van der Waals surface area contributed by atoms with E-state index in [1.807, 2.05) is 0 Å². The first-order chi connectivity index (χ1) is 12.1. The Morgan fingerprint density at radius 1 is 1.19 bits per heavy atom. The summed E-state index contributed by atoms with van der Waals surface area (Å²) < 4.78 is 4.53. The minimum absolute atomic E-state index is 0.0492. The predicted molar refractivity (Wildman–Crippen MR) is 86.8 cm³/mol. The summed E-state index contributed by atoms with van der Waals surface area (Å²) in [5, 5.41) is 18.4. The van der Waals surface area contributed by atoms with E-state index < -0.39 is 54.3 Å². The summed E-state index contributed by atoms with van der Waals surface area (Å²) in [5.41, 5.74) is -2.84. The molecule has 0 aliphatic rings. The molecule has 0 amide bonds. The molecular formula is C16H16ClNO8. The number of ketones is 2. The largest absolute Gasteiger partial charge is 0.481 e.